The van der Waals surface area contributed by atoms with E-state index in [9.17, 15) is 0 Å². The van der Waals surface area contributed by atoms with Crippen LogP contribution in [-0.2, 0) is 0 Å². The Hall–Kier alpha value is -0.770. The van der Waals surface area contributed by atoms with Gasteiger partial charge < -0.3 is 16.2 Å². The smallest absolute Gasteiger partial charge is 0.0645 e. The number of anilines is 1. The summed E-state index contributed by atoms with van der Waals surface area (Å²) in [4.78, 5) is 0. The molecule has 0 aliphatic heterocycles. The minimum Gasteiger partial charge on any atom is -0.394 e. The van der Waals surface area contributed by atoms with Gasteiger partial charge in [0.05, 0.1) is 12.6 Å². The van der Waals surface area contributed by atoms with Gasteiger partial charge in [-0.05, 0) is 24.3 Å². The van der Waals surface area contributed by atoms with Crippen LogP contribution in [0.4, 0.5) is 5.69 Å². The molecule has 0 aliphatic carbocycles. The van der Waals surface area contributed by atoms with Gasteiger partial charge in [-0.1, -0.05) is 11.6 Å². The number of nitrogens with two attached hydrogens (primary N) is 1. The summed E-state index contributed by atoms with van der Waals surface area (Å²) in [7, 11) is 0. The van der Waals surface area contributed by atoms with Crippen LogP contribution in [-0.4, -0.2) is 24.3 Å². The van der Waals surface area contributed by atoms with E-state index in [1.807, 2.05) is 12.1 Å². The molecule has 0 spiro atoms. The third-order valence-corrected chi connectivity index (χ3v) is 1.97. The zero-order valence-corrected chi connectivity index (χ0v) is 7.96. The summed E-state index contributed by atoms with van der Waals surface area (Å²) in [6.45, 7) is 0.429. The van der Waals surface area contributed by atoms with Gasteiger partial charge in [-0.2, -0.15) is 0 Å². The van der Waals surface area contributed by atoms with Gasteiger partial charge in [0.25, 0.3) is 0 Å². The molecule has 4 N–H and O–H groups in total. The van der Waals surface area contributed by atoms with Crippen molar-refractivity contribution in [2.45, 2.75) is 6.04 Å². The maximum atomic E-state index is 8.87. The van der Waals surface area contributed by atoms with Crippen LogP contribution in [0.15, 0.2) is 24.3 Å². The Bertz CT molecular complexity index is 246. The molecule has 0 radical (unpaired) electrons. The molecular formula is C9H13ClN2O. The van der Waals surface area contributed by atoms with E-state index in [0.29, 0.717) is 11.6 Å². The average molecular weight is 201 g/mol. The second-order valence-electron chi connectivity index (χ2n) is 2.77. The van der Waals surface area contributed by atoms with E-state index in [1.165, 1.54) is 0 Å². The summed E-state index contributed by atoms with van der Waals surface area (Å²) in [6, 6.07) is 7.17. The van der Waals surface area contributed by atoms with Gasteiger partial charge >= 0.3 is 0 Å². The molecule has 1 unspecified atom stereocenters. The monoisotopic (exact) mass is 200 g/mol. The first-order chi connectivity index (χ1) is 6.26. The van der Waals surface area contributed by atoms with Crippen molar-refractivity contribution in [2.75, 3.05) is 18.5 Å². The summed E-state index contributed by atoms with van der Waals surface area (Å²) in [6.07, 6.45) is 0. The van der Waals surface area contributed by atoms with Gasteiger partial charge in [0.15, 0.2) is 0 Å². The van der Waals surface area contributed by atoms with Crippen LogP contribution in [0.1, 0.15) is 0 Å². The minimum atomic E-state index is -0.0961. The Labute approximate surface area is 82.5 Å². The molecule has 1 aromatic carbocycles. The molecule has 0 aliphatic rings. The average Bonchev–Trinajstić information content (AvgIpc) is 2.17. The van der Waals surface area contributed by atoms with Crippen molar-refractivity contribution in [3.8, 4) is 0 Å². The molecule has 1 aromatic rings. The van der Waals surface area contributed by atoms with Gasteiger partial charge in [-0.3, -0.25) is 0 Å². The molecule has 3 nitrogen and oxygen atoms in total. The second-order valence-corrected chi connectivity index (χ2v) is 3.20. The third-order valence-electron chi connectivity index (χ3n) is 1.72. The van der Waals surface area contributed by atoms with E-state index in [0.717, 1.165) is 5.69 Å². The van der Waals surface area contributed by atoms with E-state index in [-0.39, 0.29) is 12.6 Å². The van der Waals surface area contributed by atoms with Crippen LogP contribution < -0.4 is 11.1 Å². The molecule has 4 heteroatoms. The molecular weight excluding hydrogens is 188 g/mol. The maximum absolute atomic E-state index is 8.87. The number of nitrogens with one attached hydrogen (secondary N) is 1. The van der Waals surface area contributed by atoms with Crippen LogP contribution in [0.3, 0.4) is 0 Å². The third kappa shape index (κ3) is 3.22. The SMILES string of the molecule is NCC(CO)Nc1ccc(Cl)cc1. The van der Waals surface area contributed by atoms with Crippen molar-refractivity contribution in [3.63, 3.8) is 0 Å². The number of hydrogen-bond donors (Lipinski definition) is 3. The lowest BCUT2D eigenvalue weighted by molar-refractivity contribution is 0.276. The predicted molar refractivity (Wildman–Crippen MR) is 55.0 cm³/mol. The fourth-order valence-electron chi connectivity index (χ4n) is 0.961. The lowest BCUT2D eigenvalue weighted by Gasteiger charge is -2.14. The molecule has 0 amide bonds. The van der Waals surface area contributed by atoms with Crippen molar-refractivity contribution < 1.29 is 5.11 Å². The fourth-order valence-corrected chi connectivity index (χ4v) is 1.09. The number of hydrogen-bond acceptors (Lipinski definition) is 3. The highest BCUT2D eigenvalue weighted by atomic mass is 35.5. The highest BCUT2D eigenvalue weighted by molar-refractivity contribution is 6.30. The molecule has 13 heavy (non-hydrogen) atoms. The Kier molecular flexibility index (Phi) is 4.02. The van der Waals surface area contributed by atoms with Crippen molar-refractivity contribution in [2.24, 2.45) is 5.73 Å². The van der Waals surface area contributed by atoms with Crippen LogP contribution in [0.2, 0.25) is 5.02 Å². The highest BCUT2D eigenvalue weighted by Gasteiger charge is 2.03. The first-order valence-electron chi connectivity index (χ1n) is 4.09. The topological polar surface area (TPSA) is 58.3 Å². The zero-order chi connectivity index (χ0) is 9.68. The molecule has 0 fully saturated rings. The lowest BCUT2D eigenvalue weighted by atomic mass is 10.2. The molecule has 1 rings (SSSR count). The summed E-state index contributed by atoms with van der Waals surface area (Å²) in [5.41, 5.74) is 6.32. The molecule has 0 saturated carbocycles. The lowest BCUT2D eigenvalue weighted by Crippen LogP contribution is -2.32. The number of halogens is 1. The Morgan fingerprint density at radius 2 is 2.00 bits per heavy atom. The summed E-state index contributed by atoms with van der Waals surface area (Å²) >= 11 is 5.71. The summed E-state index contributed by atoms with van der Waals surface area (Å²) < 4.78 is 0. The summed E-state index contributed by atoms with van der Waals surface area (Å²) in [5.74, 6) is 0. The van der Waals surface area contributed by atoms with Gasteiger partial charge in [0, 0.05) is 17.3 Å². The van der Waals surface area contributed by atoms with E-state index in [2.05, 4.69) is 5.32 Å². The molecule has 1 atom stereocenters. The molecule has 0 bridgehead atoms. The Morgan fingerprint density at radius 3 is 2.46 bits per heavy atom. The van der Waals surface area contributed by atoms with Gasteiger partial charge in [-0.15, -0.1) is 0 Å². The first-order valence-corrected chi connectivity index (χ1v) is 4.47. The van der Waals surface area contributed by atoms with Crippen LogP contribution in [0.25, 0.3) is 0 Å². The van der Waals surface area contributed by atoms with E-state index < -0.39 is 0 Å². The van der Waals surface area contributed by atoms with Crippen molar-refractivity contribution >= 4 is 17.3 Å². The molecule has 0 aromatic heterocycles. The largest absolute Gasteiger partial charge is 0.394 e. The quantitative estimate of drug-likeness (QED) is 0.682. The standard InChI is InChI=1S/C9H13ClN2O/c10-7-1-3-8(4-2-7)12-9(5-11)6-13/h1-4,9,12-13H,5-6,11H2. The Morgan fingerprint density at radius 1 is 1.38 bits per heavy atom. The number of benzene rings is 1. The molecule has 72 valence electrons. The van der Waals surface area contributed by atoms with Crippen molar-refractivity contribution in [3.05, 3.63) is 29.3 Å². The zero-order valence-electron chi connectivity index (χ0n) is 7.20. The van der Waals surface area contributed by atoms with Gasteiger partial charge in [-0.25, -0.2) is 0 Å². The van der Waals surface area contributed by atoms with Crippen LogP contribution in [0.5, 0.6) is 0 Å². The van der Waals surface area contributed by atoms with Crippen molar-refractivity contribution in [1.82, 2.24) is 0 Å². The summed E-state index contributed by atoms with van der Waals surface area (Å²) in [5, 5.41) is 12.6. The molecule has 0 saturated heterocycles. The van der Waals surface area contributed by atoms with Gasteiger partial charge in [0.1, 0.15) is 0 Å². The number of aliphatic hydroxyl groups is 1. The van der Waals surface area contributed by atoms with Crippen LogP contribution >= 0.6 is 11.6 Å². The van der Waals surface area contributed by atoms with E-state index in [4.69, 9.17) is 22.4 Å². The second kappa shape index (κ2) is 5.07. The Balaban J connectivity index is 2.58. The highest BCUT2D eigenvalue weighted by Crippen LogP contribution is 2.13. The van der Waals surface area contributed by atoms with Gasteiger partial charge in [0.2, 0.25) is 0 Å². The van der Waals surface area contributed by atoms with E-state index in [1.54, 1.807) is 12.1 Å². The predicted octanol–water partition coefficient (Wildman–Crippen LogP) is 1.07. The maximum Gasteiger partial charge on any atom is 0.0645 e. The first kappa shape index (κ1) is 10.3. The number of aliphatic hydroxyl groups excluding tert-OH is 1. The fraction of sp³-hybridized carbons (Fsp3) is 0.333. The molecule has 0 heterocycles. The normalized spacial score (nSPS) is 12.5. The van der Waals surface area contributed by atoms with Crippen molar-refractivity contribution in [1.29, 1.82) is 0 Å². The van der Waals surface area contributed by atoms with Crippen LogP contribution in [0, 0.1) is 0 Å². The van der Waals surface area contributed by atoms with E-state index >= 15 is 0 Å². The minimum absolute atomic E-state index is 0.0269. The number of rotatable bonds is 4.